The summed E-state index contributed by atoms with van der Waals surface area (Å²) in [6.07, 6.45) is 3.30. The van der Waals surface area contributed by atoms with E-state index in [1.807, 2.05) is 0 Å². The van der Waals surface area contributed by atoms with Gasteiger partial charge in [-0.1, -0.05) is 0 Å². The van der Waals surface area contributed by atoms with Gasteiger partial charge in [-0.25, -0.2) is 4.39 Å². The summed E-state index contributed by atoms with van der Waals surface area (Å²) >= 11 is 0. The van der Waals surface area contributed by atoms with Crippen LogP contribution in [0.2, 0.25) is 0 Å². The molecule has 3 fully saturated rings. The second-order valence-electron chi connectivity index (χ2n) is 5.12. The van der Waals surface area contributed by atoms with E-state index in [2.05, 4.69) is 4.90 Å². The molecule has 74 valence electrons. The van der Waals surface area contributed by atoms with E-state index >= 15 is 0 Å². The number of halogens is 1. The Bertz CT molecular complexity index is 247. The Kier molecular flexibility index (Phi) is 1.42. The summed E-state index contributed by atoms with van der Waals surface area (Å²) in [6.45, 7) is 2.19. The van der Waals surface area contributed by atoms with Gasteiger partial charge in [0.2, 0.25) is 0 Å². The average Bonchev–Trinajstić information content (AvgIpc) is 2.43. The Labute approximate surface area is 77.7 Å². The quantitative estimate of drug-likeness (QED) is 0.657. The summed E-state index contributed by atoms with van der Waals surface area (Å²) in [7, 11) is 0. The topological polar surface area (TPSA) is 23.5 Å². The highest BCUT2D eigenvalue weighted by Crippen LogP contribution is 2.61. The lowest BCUT2D eigenvalue weighted by Crippen LogP contribution is -2.41. The first-order valence-electron chi connectivity index (χ1n) is 5.21. The molecule has 0 radical (unpaired) electrons. The van der Waals surface area contributed by atoms with Gasteiger partial charge in [0.15, 0.2) is 0 Å². The number of aliphatic hydroxyl groups excluding tert-OH is 1. The minimum absolute atomic E-state index is 0.0269. The second-order valence-corrected chi connectivity index (χ2v) is 5.12. The van der Waals surface area contributed by atoms with E-state index in [9.17, 15) is 9.50 Å². The lowest BCUT2D eigenvalue weighted by molar-refractivity contribution is 0.0996. The van der Waals surface area contributed by atoms with Crippen LogP contribution in [0.15, 0.2) is 0 Å². The number of alkyl halides is 1. The molecule has 1 unspecified atom stereocenters. The lowest BCUT2D eigenvalue weighted by atomic mass is 9.89. The van der Waals surface area contributed by atoms with Crippen molar-refractivity contribution < 1.29 is 9.50 Å². The molecule has 0 aromatic carbocycles. The SMILES string of the molecule is OC[C@@]12CCCN1C[C@@]1(CC1F)C2. The smallest absolute Gasteiger partial charge is 0.108 e. The molecule has 2 saturated heterocycles. The van der Waals surface area contributed by atoms with Crippen LogP contribution in [-0.2, 0) is 0 Å². The number of nitrogens with zero attached hydrogens (tertiary/aromatic N) is 1. The Hall–Kier alpha value is -0.150. The fourth-order valence-electron chi connectivity index (χ4n) is 3.41. The Morgan fingerprint density at radius 1 is 1.54 bits per heavy atom. The first kappa shape index (κ1) is 8.18. The van der Waals surface area contributed by atoms with Gasteiger partial charge in [0.1, 0.15) is 6.17 Å². The van der Waals surface area contributed by atoms with Crippen molar-refractivity contribution in [2.45, 2.75) is 37.4 Å². The zero-order valence-electron chi connectivity index (χ0n) is 7.80. The highest BCUT2D eigenvalue weighted by atomic mass is 19.1. The molecule has 1 saturated carbocycles. The summed E-state index contributed by atoms with van der Waals surface area (Å²) < 4.78 is 13.2. The van der Waals surface area contributed by atoms with E-state index in [4.69, 9.17) is 0 Å². The summed E-state index contributed by atoms with van der Waals surface area (Å²) in [5.74, 6) is 0. The number of rotatable bonds is 1. The van der Waals surface area contributed by atoms with Gasteiger partial charge in [-0.2, -0.15) is 0 Å². The molecule has 2 heterocycles. The molecule has 0 amide bonds. The molecule has 3 rings (SSSR count). The second kappa shape index (κ2) is 2.26. The monoisotopic (exact) mass is 185 g/mol. The minimum Gasteiger partial charge on any atom is -0.394 e. The van der Waals surface area contributed by atoms with Gasteiger partial charge in [0.05, 0.1) is 6.61 Å². The summed E-state index contributed by atoms with van der Waals surface area (Å²) in [6, 6.07) is 0. The fourth-order valence-corrected chi connectivity index (χ4v) is 3.41. The average molecular weight is 185 g/mol. The van der Waals surface area contributed by atoms with E-state index < -0.39 is 6.17 Å². The highest BCUT2D eigenvalue weighted by Gasteiger charge is 2.66. The molecular formula is C10H16FNO. The van der Waals surface area contributed by atoms with Crippen LogP contribution in [0.3, 0.4) is 0 Å². The van der Waals surface area contributed by atoms with Crippen LogP contribution in [0.25, 0.3) is 0 Å². The Balaban J connectivity index is 1.86. The van der Waals surface area contributed by atoms with E-state index in [1.54, 1.807) is 0 Å². The first-order valence-corrected chi connectivity index (χ1v) is 5.21. The molecule has 1 spiro atoms. The number of hydrogen-bond donors (Lipinski definition) is 1. The molecular weight excluding hydrogens is 169 g/mol. The minimum atomic E-state index is -0.582. The maximum Gasteiger partial charge on any atom is 0.108 e. The molecule has 1 aliphatic carbocycles. The molecule has 0 aromatic heterocycles. The molecule has 0 bridgehead atoms. The largest absolute Gasteiger partial charge is 0.394 e. The van der Waals surface area contributed by atoms with Crippen molar-refractivity contribution in [1.29, 1.82) is 0 Å². The predicted molar refractivity (Wildman–Crippen MR) is 47.2 cm³/mol. The maximum atomic E-state index is 13.2. The summed E-state index contributed by atoms with van der Waals surface area (Å²) in [4.78, 5) is 2.33. The van der Waals surface area contributed by atoms with Crippen molar-refractivity contribution in [3.63, 3.8) is 0 Å². The number of fused-ring (bicyclic) bond motifs is 1. The summed E-state index contributed by atoms with van der Waals surface area (Å²) in [5, 5.41) is 9.41. The molecule has 3 heteroatoms. The zero-order chi connectivity index (χ0) is 9.10. The van der Waals surface area contributed by atoms with Crippen LogP contribution < -0.4 is 0 Å². The Morgan fingerprint density at radius 3 is 2.85 bits per heavy atom. The Morgan fingerprint density at radius 2 is 2.31 bits per heavy atom. The van der Waals surface area contributed by atoms with Crippen molar-refractivity contribution in [1.82, 2.24) is 4.90 Å². The zero-order valence-corrected chi connectivity index (χ0v) is 7.80. The van der Waals surface area contributed by atoms with E-state index in [1.165, 1.54) is 6.42 Å². The van der Waals surface area contributed by atoms with Gasteiger partial charge in [0.25, 0.3) is 0 Å². The van der Waals surface area contributed by atoms with E-state index in [0.717, 1.165) is 32.4 Å². The third-order valence-corrected chi connectivity index (χ3v) is 4.31. The number of aliphatic hydroxyl groups is 1. The highest BCUT2D eigenvalue weighted by molar-refractivity contribution is 5.18. The van der Waals surface area contributed by atoms with Gasteiger partial charge in [-0.05, 0) is 32.2 Å². The molecule has 0 aromatic rings. The molecule has 1 N–H and O–H groups in total. The molecule has 13 heavy (non-hydrogen) atoms. The third kappa shape index (κ3) is 0.895. The third-order valence-electron chi connectivity index (χ3n) is 4.31. The van der Waals surface area contributed by atoms with Crippen molar-refractivity contribution in [3.8, 4) is 0 Å². The van der Waals surface area contributed by atoms with Crippen LogP contribution in [0.4, 0.5) is 4.39 Å². The van der Waals surface area contributed by atoms with Crippen LogP contribution in [0.1, 0.15) is 25.7 Å². The summed E-state index contributed by atoms with van der Waals surface area (Å²) in [5.41, 5.74) is -0.0655. The fraction of sp³-hybridized carbons (Fsp3) is 1.00. The van der Waals surface area contributed by atoms with Crippen LogP contribution >= 0.6 is 0 Å². The molecule has 2 aliphatic heterocycles. The standard InChI is InChI=1S/C10H16FNO/c11-8-4-9(8)5-10(7-13)2-1-3-12(10)6-9/h8,13H,1-7H2/t8?,9-,10+/m1/s1. The van der Waals surface area contributed by atoms with Crippen LogP contribution in [0, 0.1) is 5.41 Å². The van der Waals surface area contributed by atoms with Crippen molar-refractivity contribution >= 4 is 0 Å². The van der Waals surface area contributed by atoms with Gasteiger partial charge in [-0.3, -0.25) is 4.90 Å². The van der Waals surface area contributed by atoms with Gasteiger partial charge in [-0.15, -0.1) is 0 Å². The van der Waals surface area contributed by atoms with Crippen molar-refractivity contribution in [2.24, 2.45) is 5.41 Å². The first-order chi connectivity index (χ1) is 6.21. The van der Waals surface area contributed by atoms with Gasteiger partial charge < -0.3 is 5.11 Å². The van der Waals surface area contributed by atoms with Gasteiger partial charge in [0, 0.05) is 17.5 Å². The van der Waals surface area contributed by atoms with E-state index in [0.29, 0.717) is 0 Å². The normalized spacial score (nSPS) is 54.5. The van der Waals surface area contributed by atoms with Crippen LogP contribution in [0.5, 0.6) is 0 Å². The lowest BCUT2D eigenvalue weighted by Gasteiger charge is -2.29. The van der Waals surface area contributed by atoms with Crippen LogP contribution in [-0.4, -0.2) is 41.4 Å². The van der Waals surface area contributed by atoms with E-state index in [-0.39, 0.29) is 17.6 Å². The predicted octanol–water partition coefficient (Wildman–Crippen LogP) is 0.945. The number of hydrogen-bond acceptors (Lipinski definition) is 2. The van der Waals surface area contributed by atoms with Gasteiger partial charge >= 0.3 is 0 Å². The van der Waals surface area contributed by atoms with Crippen molar-refractivity contribution in [2.75, 3.05) is 19.7 Å². The molecule has 2 nitrogen and oxygen atoms in total. The molecule has 3 atom stereocenters. The molecule has 3 aliphatic rings. The van der Waals surface area contributed by atoms with Crippen molar-refractivity contribution in [3.05, 3.63) is 0 Å². The maximum absolute atomic E-state index is 13.2.